The summed E-state index contributed by atoms with van der Waals surface area (Å²) in [6, 6.07) is 14.3. The zero-order chi connectivity index (χ0) is 23.6. The van der Waals surface area contributed by atoms with Crippen molar-refractivity contribution in [2.24, 2.45) is 5.92 Å². The number of rotatable bonds is 14. The molecule has 2 heterocycles. The Balaban J connectivity index is 1.12. The third-order valence-corrected chi connectivity index (χ3v) is 7.27. The standard InChI is InChI=1S/C29H43N3O2/c1-2-3-4-5-6-9-17-32-18-15-23(16-19-32)20-30-21-24(33)22-34-28-14-10-13-27-29(28)25-11-7-8-12-26(25)31-27/h7-8,10-14,23-24,30-31,33H,2-6,9,15-22H2,1H3/t24-/m0/s1. The smallest absolute Gasteiger partial charge is 0.129 e. The molecule has 34 heavy (non-hydrogen) atoms. The van der Waals surface area contributed by atoms with Crippen molar-refractivity contribution in [3.63, 3.8) is 0 Å². The minimum atomic E-state index is -0.520. The first-order valence-corrected chi connectivity index (χ1v) is 13.5. The maximum absolute atomic E-state index is 10.5. The van der Waals surface area contributed by atoms with Gasteiger partial charge < -0.3 is 25.0 Å². The molecular formula is C29H43N3O2. The maximum atomic E-state index is 10.5. The molecule has 0 unspecified atom stereocenters. The van der Waals surface area contributed by atoms with Gasteiger partial charge >= 0.3 is 0 Å². The molecule has 186 valence electrons. The van der Waals surface area contributed by atoms with Crippen molar-refractivity contribution in [2.45, 2.75) is 64.4 Å². The summed E-state index contributed by atoms with van der Waals surface area (Å²) >= 11 is 0. The second-order valence-corrected chi connectivity index (χ2v) is 10.0. The molecule has 0 aliphatic carbocycles. The van der Waals surface area contributed by atoms with Crippen LogP contribution in [0, 0.1) is 5.92 Å². The van der Waals surface area contributed by atoms with Crippen molar-refractivity contribution in [3.8, 4) is 5.75 Å². The van der Waals surface area contributed by atoms with Crippen molar-refractivity contribution < 1.29 is 9.84 Å². The number of likely N-dealkylation sites (tertiary alicyclic amines) is 1. The van der Waals surface area contributed by atoms with E-state index < -0.39 is 6.10 Å². The minimum Gasteiger partial charge on any atom is -0.490 e. The van der Waals surface area contributed by atoms with Crippen LogP contribution in [0.2, 0.25) is 0 Å². The Labute approximate surface area is 204 Å². The molecule has 2 aromatic carbocycles. The summed E-state index contributed by atoms with van der Waals surface area (Å²) in [6.45, 7) is 7.85. The fraction of sp³-hybridized carbons (Fsp3) is 0.586. The third kappa shape index (κ3) is 6.97. The topological polar surface area (TPSA) is 60.5 Å². The van der Waals surface area contributed by atoms with Crippen LogP contribution in [0.3, 0.4) is 0 Å². The number of H-pyrrole nitrogens is 1. The second-order valence-electron chi connectivity index (χ2n) is 10.0. The third-order valence-electron chi connectivity index (χ3n) is 7.27. The number of nitrogens with zero attached hydrogens (tertiary/aromatic N) is 1. The molecule has 4 rings (SSSR count). The predicted octanol–water partition coefficient (Wildman–Crippen LogP) is 5.72. The van der Waals surface area contributed by atoms with Crippen molar-refractivity contribution in [1.29, 1.82) is 0 Å². The molecule has 0 radical (unpaired) electrons. The second kappa shape index (κ2) is 13.1. The summed E-state index contributed by atoms with van der Waals surface area (Å²) in [5.41, 5.74) is 2.17. The number of aliphatic hydroxyl groups excluding tert-OH is 1. The predicted molar refractivity (Wildman–Crippen MR) is 143 cm³/mol. The van der Waals surface area contributed by atoms with Gasteiger partial charge in [-0.1, -0.05) is 63.3 Å². The number of piperidine rings is 1. The van der Waals surface area contributed by atoms with Gasteiger partial charge in [0, 0.05) is 22.8 Å². The van der Waals surface area contributed by atoms with E-state index in [4.69, 9.17) is 4.74 Å². The van der Waals surface area contributed by atoms with E-state index in [0.29, 0.717) is 19.1 Å². The van der Waals surface area contributed by atoms with Crippen LogP contribution < -0.4 is 10.1 Å². The fourth-order valence-electron chi connectivity index (χ4n) is 5.22. The van der Waals surface area contributed by atoms with E-state index in [2.05, 4.69) is 40.3 Å². The van der Waals surface area contributed by atoms with Crippen LogP contribution in [0.25, 0.3) is 21.8 Å². The molecule has 1 saturated heterocycles. The van der Waals surface area contributed by atoms with E-state index in [1.54, 1.807) is 0 Å². The van der Waals surface area contributed by atoms with E-state index >= 15 is 0 Å². The molecule has 1 aliphatic rings. The number of para-hydroxylation sites is 1. The van der Waals surface area contributed by atoms with Gasteiger partial charge in [-0.15, -0.1) is 0 Å². The first kappa shape index (κ1) is 25.0. The van der Waals surface area contributed by atoms with Crippen LogP contribution in [-0.4, -0.2) is 60.4 Å². The molecule has 3 N–H and O–H groups in total. The highest BCUT2D eigenvalue weighted by Gasteiger charge is 2.19. The van der Waals surface area contributed by atoms with Crippen molar-refractivity contribution in [1.82, 2.24) is 15.2 Å². The van der Waals surface area contributed by atoms with E-state index in [0.717, 1.165) is 34.1 Å². The summed E-state index contributed by atoms with van der Waals surface area (Å²) < 4.78 is 6.06. The number of aromatic amines is 1. The zero-order valence-electron chi connectivity index (χ0n) is 20.9. The van der Waals surface area contributed by atoms with E-state index in [-0.39, 0.29) is 0 Å². The number of nitrogens with one attached hydrogen (secondary N) is 2. The first-order chi connectivity index (χ1) is 16.7. The summed E-state index contributed by atoms with van der Waals surface area (Å²) in [5, 5.41) is 16.2. The lowest BCUT2D eigenvalue weighted by Crippen LogP contribution is -2.40. The largest absolute Gasteiger partial charge is 0.490 e. The lowest BCUT2D eigenvalue weighted by Gasteiger charge is -2.32. The monoisotopic (exact) mass is 465 g/mol. The van der Waals surface area contributed by atoms with Gasteiger partial charge in [-0.05, 0) is 69.6 Å². The highest BCUT2D eigenvalue weighted by atomic mass is 16.5. The average Bonchev–Trinajstić information content (AvgIpc) is 3.25. The molecule has 1 atom stereocenters. The lowest BCUT2D eigenvalue weighted by molar-refractivity contribution is 0.104. The number of unbranched alkanes of at least 4 members (excludes halogenated alkanes) is 5. The number of hydrogen-bond donors (Lipinski definition) is 3. The molecule has 5 heteroatoms. The molecule has 0 saturated carbocycles. The number of hydrogen-bond acceptors (Lipinski definition) is 4. The Morgan fingerprint density at radius 1 is 1.00 bits per heavy atom. The van der Waals surface area contributed by atoms with Crippen LogP contribution in [-0.2, 0) is 0 Å². The number of aromatic nitrogens is 1. The molecular weight excluding hydrogens is 422 g/mol. The van der Waals surface area contributed by atoms with Gasteiger partial charge in [-0.2, -0.15) is 0 Å². The fourth-order valence-corrected chi connectivity index (χ4v) is 5.22. The number of fused-ring (bicyclic) bond motifs is 3. The number of benzene rings is 2. The van der Waals surface area contributed by atoms with Crippen LogP contribution in [0.5, 0.6) is 5.75 Å². The SMILES string of the molecule is CCCCCCCCN1CCC(CNC[C@H](O)COc2cccc3[nH]c4ccccc4c23)CC1. The minimum absolute atomic E-state index is 0.294. The van der Waals surface area contributed by atoms with Crippen molar-refractivity contribution >= 4 is 21.8 Å². The van der Waals surface area contributed by atoms with Crippen molar-refractivity contribution in [3.05, 3.63) is 42.5 Å². The van der Waals surface area contributed by atoms with Gasteiger partial charge in [0.2, 0.25) is 0 Å². The Morgan fingerprint density at radius 3 is 2.62 bits per heavy atom. The molecule has 1 fully saturated rings. The van der Waals surface area contributed by atoms with Crippen LogP contribution in [0.4, 0.5) is 0 Å². The summed E-state index contributed by atoms with van der Waals surface area (Å²) in [6.07, 6.45) is 10.3. The summed E-state index contributed by atoms with van der Waals surface area (Å²) in [5.74, 6) is 1.54. The van der Waals surface area contributed by atoms with Gasteiger partial charge in [0.1, 0.15) is 18.5 Å². The highest BCUT2D eigenvalue weighted by Crippen LogP contribution is 2.33. The molecule has 1 aromatic heterocycles. The van der Waals surface area contributed by atoms with Gasteiger partial charge in [-0.25, -0.2) is 0 Å². The van der Waals surface area contributed by atoms with E-state index in [1.165, 1.54) is 71.0 Å². The summed E-state index contributed by atoms with van der Waals surface area (Å²) in [7, 11) is 0. The Bertz CT molecular complexity index is 993. The average molecular weight is 466 g/mol. The Hall–Kier alpha value is -2.08. The normalized spacial score (nSPS) is 16.4. The van der Waals surface area contributed by atoms with Gasteiger partial charge in [-0.3, -0.25) is 0 Å². The van der Waals surface area contributed by atoms with Gasteiger partial charge in [0.25, 0.3) is 0 Å². The first-order valence-electron chi connectivity index (χ1n) is 13.5. The Morgan fingerprint density at radius 2 is 1.76 bits per heavy atom. The molecule has 3 aromatic rings. The van der Waals surface area contributed by atoms with E-state index in [1.807, 2.05) is 24.3 Å². The number of ether oxygens (including phenoxy) is 1. The van der Waals surface area contributed by atoms with E-state index in [9.17, 15) is 5.11 Å². The highest BCUT2D eigenvalue weighted by molar-refractivity contribution is 6.10. The molecule has 0 bridgehead atoms. The molecule has 5 nitrogen and oxygen atoms in total. The molecule has 1 aliphatic heterocycles. The quantitative estimate of drug-likeness (QED) is 0.266. The summed E-state index contributed by atoms with van der Waals surface area (Å²) in [4.78, 5) is 6.09. The number of aliphatic hydroxyl groups is 1. The van der Waals surface area contributed by atoms with Gasteiger partial charge in [0.05, 0.1) is 5.52 Å². The molecule has 0 spiro atoms. The van der Waals surface area contributed by atoms with Crippen LogP contribution in [0.1, 0.15) is 58.3 Å². The van der Waals surface area contributed by atoms with Crippen LogP contribution in [0.15, 0.2) is 42.5 Å². The van der Waals surface area contributed by atoms with Crippen LogP contribution >= 0.6 is 0 Å². The Kier molecular flexibility index (Phi) is 9.66. The maximum Gasteiger partial charge on any atom is 0.129 e. The lowest BCUT2D eigenvalue weighted by atomic mass is 9.96. The molecule has 0 amide bonds. The van der Waals surface area contributed by atoms with Crippen molar-refractivity contribution in [2.75, 3.05) is 39.3 Å². The zero-order valence-corrected chi connectivity index (χ0v) is 20.9. The van der Waals surface area contributed by atoms with Gasteiger partial charge in [0.15, 0.2) is 0 Å².